The fourth-order valence-electron chi connectivity index (χ4n) is 2.43. The van der Waals surface area contributed by atoms with Crippen molar-refractivity contribution in [2.45, 2.75) is 39.5 Å². The molecule has 2 aliphatic carbocycles. The van der Waals surface area contributed by atoms with Crippen molar-refractivity contribution in [3.63, 3.8) is 0 Å². The molecule has 1 heterocycles. The number of aryl methyl sites for hydroxylation is 1. The first-order chi connectivity index (χ1) is 8.93. The van der Waals surface area contributed by atoms with Gasteiger partial charge in [0.15, 0.2) is 0 Å². The summed E-state index contributed by atoms with van der Waals surface area (Å²) in [5.41, 5.74) is 5.62. The van der Waals surface area contributed by atoms with Crippen LogP contribution in [-0.4, -0.2) is 4.98 Å². The minimum Gasteiger partial charge on any atom is -0.264 e. The molecule has 0 spiro atoms. The molecule has 0 saturated carbocycles. The van der Waals surface area contributed by atoms with E-state index in [2.05, 4.69) is 35.4 Å². The van der Waals surface area contributed by atoms with Gasteiger partial charge in [-0.3, -0.25) is 4.98 Å². The lowest BCUT2D eigenvalue weighted by Crippen LogP contribution is -2.00. The van der Waals surface area contributed by atoms with Gasteiger partial charge in [-0.05, 0) is 54.0 Å². The van der Waals surface area contributed by atoms with Crippen molar-refractivity contribution in [1.29, 1.82) is 0 Å². The molecule has 0 unspecified atom stereocenters. The Labute approximate surface area is 110 Å². The van der Waals surface area contributed by atoms with Crippen LogP contribution in [0.25, 0.3) is 6.08 Å². The molecule has 94 valence electrons. The summed E-state index contributed by atoms with van der Waals surface area (Å²) in [4.78, 5) is 4.19. The second kappa shape index (κ2) is 6.34. The van der Waals surface area contributed by atoms with Crippen molar-refractivity contribution in [1.82, 2.24) is 4.98 Å². The van der Waals surface area contributed by atoms with Crippen LogP contribution >= 0.6 is 0 Å². The quantitative estimate of drug-likeness (QED) is 0.638. The topological polar surface area (TPSA) is 12.9 Å². The summed E-state index contributed by atoms with van der Waals surface area (Å²) in [5.74, 6) is 0. The maximum absolute atomic E-state index is 4.19. The SMILES string of the molecule is C1=C2/C=C\c3cnccc3CCC2=CCC1.CC. The predicted molar refractivity (Wildman–Crippen MR) is 78.3 cm³/mol. The maximum Gasteiger partial charge on any atom is 0.0343 e. The number of rotatable bonds is 0. The van der Waals surface area contributed by atoms with Crippen LogP contribution in [0.15, 0.2) is 47.8 Å². The first kappa shape index (κ1) is 12.8. The monoisotopic (exact) mass is 239 g/mol. The smallest absolute Gasteiger partial charge is 0.0343 e. The number of hydrogen-bond donors (Lipinski definition) is 0. The van der Waals surface area contributed by atoms with Crippen molar-refractivity contribution < 1.29 is 0 Å². The Hall–Kier alpha value is -1.63. The van der Waals surface area contributed by atoms with Crippen molar-refractivity contribution in [3.05, 3.63) is 59.0 Å². The highest BCUT2D eigenvalue weighted by atomic mass is 14.6. The highest BCUT2D eigenvalue weighted by Gasteiger charge is 2.10. The Kier molecular flexibility index (Phi) is 4.52. The van der Waals surface area contributed by atoms with Gasteiger partial charge >= 0.3 is 0 Å². The van der Waals surface area contributed by atoms with E-state index in [0.29, 0.717) is 0 Å². The second-order valence-corrected chi connectivity index (χ2v) is 4.37. The molecular formula is C17H21N. The van der Waals surface area contributed by atoms with E-state index in [1.54, 1.807) is 0 Å². The van der Waals surface area contributed by atoms with E-state index in [-0.39, 0.29) is 0 Å². The molecule has 1 heteroatoms. The van der Waals surface area contributed by atoms with Gasteiger partial charge in [-0.25, -0.2) is 0 Å². The van der Waals surface area contributed by atoms with E-state index >= 15 is 0 Å². The zero-order chi connectivity index (χ0) is 12.8. The summed E-state index contributed by atoms with van der Waals surface area (Å²) in [6.07, 6.45) is 17.7. The average Bonchev–Trinajstić information content (AvgIpc) is 2.44. The molecule has 0 amide bonds. The lowest BCUT2D eigenvalue weighted by atomic mass is 9.89. The molecule has 0 aromatic carbocycles. The molecule has 0 fully saturated rings. The first-order valence-electron chi connectivity index (χ1n) is 6.94. The third kappa shape index (κ3) is 2.79. The largest absolute Gasteiger partial charge is 0.264 e. The van der Waals surface area contributed by atoms with E-state index in [1.165, 1.54) is 35.1 Å². The number of hydrogen-bond acceptors (Lipinski definition) is 1. The van der Waals surface area contributed by atoms with Gasteiger partial charge in [-0.15, -0.1) is 0 Å². The Balaban J connectivity index is 0.000000574. The third-order valence-corrected chi connectivity index (χ3v) is 3.34. The maximum atomic E-state index is 4.19. The van der Waals surface area contributed by atoms with Gasteiger partial charge in [0.05, 0.1) is 0 Å². The van der Waals surface area contributed by atoms with Crippen LogP contribution < -0.4 is 0 Å². The third-order valence-electron chi connectivity index (χ3n) is 3.34. The molecule has 0 bridgehead atoms. The van der Waals surface area contributed by atoms with E-state index in [0.717, 1.165) is 12.8 Å². The van der Waals surface area contributed by atoms with Gasteiger partial charge in [0.1, 0.15) is 0 Å². The van der Waals surface area contributed by atoms with Gasteiger partial charge in [-0.2, -0.15) is 0 Å². The number of fused-ring (bicyclic) bond motifs is 2. The number of allylic oxidation sites excluding steroid dienone is 5. The van der Waals surface area contributed by atoms with Crippen LogP contribution in [0.4, 0.5) is 0 Å². The molecule has 0 atom stereocenters. The second-order valence-electron chi connectivity index (χ2n) is 4.37. The van der Waals surface area contributed by atoms with Gasteiger partial charge in [0.2, 0.25) is 0 Å². The van der Waals surface area contributed by atoms with Crippen molar-refractivity contribution >= 4 is 6.08 Å². The van der Waals surface area contributed by atoms with Gasteiger partial charge < -0.3 is 0 Å². The van der Waals surface area contributed by atoms with Gasteiger partial charge in [0.25, 0.3) is 0 Å². The van der Waals surface area contributed by atoms with E-state index in [4.69, 9.17) is 0 Å². The van der Waals surface area contributed by atoms with Crippen LogP contribution in [0.3, 0.4) is 0 Å². The molecule has 0 radical (unpaired) electrons. The Morgan fingerprint density at radius 1 is 1.00 bits per heavy atom. The number of nitrogens with zero attached hydrogens (tertiary/aromatic N) is 1. The van der Waals surface area contributed by atoms with Crippen molar-refractivity contribution in [2.75, 3.05) is 0 Å². The van der Waals surface area contributed by atoms with Crippen molar-refractivity contribution in [3.8, 4) is 0 Å². The van der Waals surface area contributed by atoms with E-state index in [1.807, 2.05) is 26.2 Å². The summed E-state index contributed by atoms with van der Waals surface area (Å²) >= 11 is 0. The average molecular weight is 239 g/mol. The highest BCUT2D eigenvalue weighted by Crippen LogP contribution is 2.28. The molecule has 0 saturated heterocycles. The molecule has 0 N–H and O–H groups in total. The van der Waals surface area contributed by atoms with Gasteiger partial charge in [0, 0.05) is 12.4 Å². The standard InChI is InChI=1S/C15H15N.C2H6/c1-2-4-13-7-8-15-11-16-10-9-14(15)6-5-12(13)3-1;1-2/h3-4,7-11H,1-2,5-6H2;1-2H3/b8-7-;. The molecule has 2 aliphatic rings. The molecule has 3 rings (SSSR count). The molecule has 1 nitrogen and oxygen atoms in total. The lowest BCUT2D eigenvalue weighted by Gasteiger charge is -2.17. The molecule has 1 aromatic heterocycles. The minimum absolute atomic E-state index is 1.13. The zero-order valence-corrected chi connectivity index (χ0v) is 11.3. The highest BCUT2D eigenvalue weighted by molar-refractivity contribution is 5.60. The molecule has 1 aromatic rings. The zero-order valence-electron chi connectivity index (χ0n) is 11.3. The summed E-state index contributed by atoms with van der Waals surface area (Å²) in [7, 11) is 0. The number of aromatic nitrogens is 1. The fraction of sp³-hybridized carbons (Fsp3) is 0.353. The first-order valence-corrected chi connectivity index (χ1v) is 6.94. The van der Waals surface area contributed by atoms with E-state index < -0.39 is 0 Å². The fourth-order valence-corrected chi connectivity index (χ4v) is 2.43. The van der Waals surface area contributed by atoms with Gasteiger partial charge in [-0.1, -0.05) is 38.2 Å². The van der Waals surface area contributed by atoms with Crippen LogP contribution in [0.2, 0.25) is 0 Å². The lowest BCUT2D eigenvalue weighted by molar-refractivity contribution is 0.898. The predicted octanol–water partition coefficient (Wildman–Crippen LogP) is 4.71. The summed E-state index contributed by atoms with van der Waals surface area (Å²) < 4.78 is 0. The van der Waals surface area contributed by atoms with Crippen LogP contribution in [-0.2, 0) is 6.42 Å². The Morgan fingerprint density at radius 3 is 2.72 bits per heavy atom. The van der Waals surface area contributed by atoms with Crippen LogP contribution in [0, 0.1) is 0 Å². The van der Waals surface area contributed by atoms with E-state index in [9.17, 15) is 0 Å². The van der Waals surface area contributed by atoms with Crippen molar-refractivity contribution in [2.24, 2.45) is 0 Å². The Bertz CT molecular complexity index is 492. The normalized spacial score (nSPS) is 18.8. The molecule has 0 aliphatic heterocycles. The summed E-state index contributed by atoms with van der Waals surface area (Å²) in [6, 6.07) is 2.14. The Morgan fingerprint density at radius 2 is 1.83 bits per heavy atom. The number of pyridine rings is 1. The molecule has 18 heavy (non-hydrogen) atoms. The summed E-state index contributed by atoms with van der Waals surface area (Å²) in [6.45, 7) is 4.00. The van der Waals surface area contributed by atoms with Crippen LogP contribution in [0.5, 0.6) is 0 Å². The molecular weight excluding hydrogens is 218 g/mol. The minimum atomic E-state index is 1.13. The summed E-state index contributed by atoms with van der Waals surface area (Å²) in [5, 5.41) is 0. The van der Waals surface area contributed by atoms with Crippen LogP contribution in [0.1, 0.15) is 44.2 Å².